The Labute approximate surface area is 325 Å². The van der Waals surface area contributed by atoms with Crippen molar-refractivity contribution in [2.75, 3.05) is 24.7 Å². The Morgan fingerprint density at radius 2 is 1.32 bits per heavy atom. The predicted molar refractivity (Wildman–Crippen MR) is 212 cm³/mol. The molecular weight excluding hydrogens is 727 g/mol. The molecule has 2 aliphatic heterocycles. The molecule has 11 heteroatoms. The van der Waals surface area contributed by atoms with Crippen LogP contribution in [0.25, 0.3) is 70.2 Å². The molecule has 1 fully saturated rings. The zero-order chi connectivity index (χ0) is 38.8. The van der Waals surface area contributed by atoms with Gasteiger partial charge in [-0.05, 0) is 118 Å². The molecule has 0 aromatic heterocycles. The van der Waals surface area contributed by atoms with E-state index in [1.54, 1.807) is 0 Å². The molecule has 5 aliphatic rings. The highest BCUT2D eigenvalue weighted by atomic mass is 16.7. The van der Waals surface area contributed by atoms with E-state index in [1.807, 2.05) is 0 Å². The highest BCUT2D eigenvalue weighted by Gasteiger charge is 2.53. The van der Waals surface area contributed by atoms with Crippen LogP contribution in [0.3, 0.4) is 0 Å². The van der Waals surface area contributed by atoms with Crippen molar-refractivity contribution >= 4 is 99.8 Å². The molecule has 0 bridgehead atoms. The summed E-state index contributed by atoms with van der Waals surface area (Å²) >= 11 is 0. The van der Waals surface area contributed by atoms with Gasteiger partial charge in [0, 0.05) is 45.3 Å². The first-order valence-electron chi connectivity index (χ1n) is 19.7. The van der Waals surface area contributed by atoms with E-state index in [0.29, 0.717) is 6.54 Å². The Hall–Kier alpha value is -5.78. The van der Waals surface area contributed by atoms with Crippen molar-refractivity contribution in [1.29, 1.82) is 0 Å². The summed E-state index contributed by atoms with van der Waals surface area (Å²) in [5.41, 5.74) is 9.54. The number of allylic oxidation sites excluding steroid dienone is 1. The van der Waals surface area contributed by atoms with Crippen molar-refractivity contribution in [2.24, 2.45) is 0 Å². The number of hydrogen-bond donors (Lipinski definition) is 0. The van der Waals surface area contributed by atoms with Crippen LogP contribution in [0.5, 0.6) is 0 Å². The van der Waals surface area contributed by atoms with Crippen LogP contribution >= 0.6 is 0 Å². The second-order valence-electron chi connectivity index (χ2n) is 16.3. The summed E-state index contributed by atoms with van der Waals surface area (Å²) in [4.78, 5) is 51.5. The highest BCUT2D eigenvalue weighted by Crippen LogP contribution is 2.63. The first-order valence-corrected chi connectivity index (χ1v) is 19.7. The molecule has 0 radical (unpaired) electrons. The number of esters is 4. The van der Waals surface area contributed by atoms with Crippen LogP contribution in [0.4, 0.5) is 5.69 Å². The lowest BCUT2D eigenvalue weighted by atomic mass is 9.77. The molecule has 1 saturated heterocycles. The molecule has 286 valence electrons. The average molecular weight is 764 g/mol. The third-order valence-electron chi connectivity index (χ3n) is 13.1. The predicted octanol–water partition coefficient (Wildman–Crippen LogP) is 7.13. The third kappa shape index (κ3) is 4.33. The van der Waals surface area contributed by atoms with Gasteiger partial charge in [0.2, 0.25) is 0 Å². The van der Waals surface area contributed by atoms with Crippen molar-refractivity contribution in [3.63, 3.8) is 0 Å². The van der Waals surface area contributed by atoms with Crippen molar-refractivity contribution in [3.05, 3.63) is 70.3 Å². The summed E-state index contributed by atoms with van der Waals surface area (Å²) < 4.78 is 35.0. The third-order valence-corrected chi connectivity index (χ3v) is 13.1. The zero-order valence-electron chi connectivity index (χ0n) is 31.8. The molecular formula is C46H37NO10. The summed E-state index contributed by atoms with van der Waals surface area (Å²) in [6, 6.07) is 14.1. The van der Waals surface area contributed by atoms with Crippen LogP contribution < -0.4 is 4.90 Å². The van der Waals surface area contributed by atoms with E-state index in [-0.39, 0.29) is 19.3 Å². The summed E-state index contributed by atoms with van der Waals surface area (Å²) in [6.45, 7) is 5.17. The van der Waals surface area contributed by atoms with Gasteiger partial charge in [0.1, 0.15) is 12.7 Å². The molecule has 0 saturated carbocycles. The smallest absolute Gasteiger partial charge is 0.303 e. The minimum atomic E-state index is -1.30. The number of anilines is 1. The molecule has 12 rings (SSSR count). The van der Waals surface area contributed by atoms with Crippen LogP contribution in [0, 0.1) is 0 Å². The lowest BCUT2D eigenvalue weighted by Gasteiger charge is -2.45. The lowest BCUT2D eigenvalue weighted by Crippen LogP contribution is -2.63. The molecule has 0 amide bonds. The van der Waals surface area contributed by atoms with Crippen LogP contribution in [0.1, 0.15) is 68.0 Å². The summed E-state index contributed by atoms with van der Waals surface area (Å²) in [5.74, 6) is -2.62. The van der Waals surface area contributed by atoms with Crippen molar-refractivity contribution < 1.29 is 47.6 Å². The van der Waals surface area contributed by atoms with Gasteiger partial charge < -0.3 is 33.3 Å². The van der Waals surface area contributed by atoms with Crippen LogP contribution in [-0.4, -0.2) is 74.3 Å². The number of carbonyl (C=O) groups excluding carboxylic acids is 4. The maximum Gasteiger partial charge on any atom is 0.303 e. The molecule has 7 aromatic rings. The Morgan fingerprint density at radius 3 is 2.04 bits per heavy atom. The number of ether oxygens (including phenoxy) is 6. The quantitative estimate of drug-likeness (QED) is 0.0847. The van der Waals surface area contributed by atoms with Gasteiger partial charge in [0.25, 0.3) is 0 Å². The largest absolute Gasteiger partial charge is 0.463 e. The molecule has 0 spiro atoms. The zero-order valence-corrected chi connectivity index (χ0v) is 31.8. The second kappa shape index (κ2) is 11.4. The van der Waals surface area contributed by atoms with Crippen LogP contribution in [0.15, 0.2) is 42.5 Å². The summed E-state index contributed by atoms with van der Waals surface area (Å²) in [6.07, 6.45) is -1.05. The molecule has 7 aromatic carbocycles. The van der Waals surface area contributed by atoms with Crippen molar-refractivity contribution in [1.82, 2.24) is 0 Å². The molecule has 6 atom stereocenters. The average Bonchev–Trinajstić information content (AvgIpc) is 3.84. The van der Waals surface area contributed by atoms with E-state index < -0.39 is 54.6 Å². The monoisotopic (exact) mass is 763 g/mol. The van der Waals surface area contributed by atoms with Gasteiger partial charge in [-0.2, -0.15) is 0 Å². The van der Waals surface area contributed by atoms with E-state index in [2.05, 4.69) is 47.4 Å². The number of carbonyl (C=O) groups is 4. The number of benzene rings is 6. The van der Waals surface area contributed by atoms with E-state index in [1.165, 1.54) is 126 Å². The summed E-state index contributed by atoms with van der Waals surface area (Å²) in [5, 5.41) is 16.6. The number of rotatable bonds is 9. The second-order valence-corrected chi connectivity index (χ2v) is 16.3. The molecule has 3 unspecified atom stereocenters. The number of nitrogens with zero attached hydrogens (tertiary/aromatic N) is 1. The standard InChI is InChI=1S/C46H37NO10/c1-18(48)53-17-30-43(54-19(2)49)44(55-20(3)50)45(56-21(4)51)46(57-30)52-12-11-47-28-9-7-24-15-26-13-22-5-6-23-14-27-16-25-8-10-29(47)38-32(25)36(27)40-34(23)33(22)39-35(26)31(24)37(28)41(38)42(39)40/h5-9,13-14,29-30,43-46H,10-12,15-17H2,1-4H3/t29?,30?,43-,44-,45?,46+/m0/s1. The molecule has 11 nitrogen and oxygen atoms in total. The Morgan fingerprint density at radius 1 is 0.667 bits per heavy atom. The summed E-state index contributed by atoms with van der Waals surface area (Å²) in [7, 11) is 0. The van der Waals surface area contributed by atoms with E-state index in [9.17, 15) is 19.2 Å². The van der Waals surface area contributed by atoms with Gasteiger partial charge >= 0.3 is 23.9 Å². The highest BCUT2D eigenvalue weighted by molar-refractivity contribution is 6.51. The van der Waals surface area contributed by atoms with E-state index in [4.69, 9.17) is 28.4 Å². The molecule has 3 aliphatic carbocycles. The van der Waals surface area contributed by atoms with Gasteiger partial charge in [-0.25, -0.2) is 0 Å². The minimum Gasteiger partial charge on any atom is -0.463 e. The Balaban J connectivity index is 0.980. The minimum absolute atomic E-state index is 0.0518. The normalized spacial score (nSPS) is 24.1. The van der Waals surface area contributed by atoms with Gasteiger partial charge in [-0.1, -0.05) is 36.4 Å². The maximum absolute atomic E-state index is 12.5. The van der Waals surface area contributed by atoms with Gasteiger partial charge in [-0.3, -0.25) is 19.2 Å². The van der Waals surface area contributed by atoms with E-state index in [0.717, 1.165) is 24.9 Å². The van der Waals surface area contributed by atoms with Gasteiger partial charge in [0.05, 0.1) is 12.6 Å². The van der Waals surface area contributed by atoms with Crippen LogP contribution in [0.2, 0.25) is 0 Å². The maximum atomic E-state index is 12.5. The molecule has 0 N–H and O–H groups in total. The first kappa shape index (κ1) is 33.4. The lowest BCUT2D eigenvalue weighted by molar-refractivity contribution is -0.307. The van der Waals surface area contributed by atoms with Crippen molar-refractivity contribution in [2.45, 2.75) is 83.7 Å². The first-order chi connectivity index (χ1) is 27.6. The van der Waals surface area contributed by atoms with E-state index >= 15 is 0 Å². The van der Waals surface area contributed by atoms with Crippen LogP contribution in [-0.2, 0) is 60.4 Å². The fourth-order valence-corrected chi connectivity index (χ4v) is 11.5. The van der Waals surface area contributed by atoms with Crippen molar-refractivity contribution in [3.8, 4) is 0 Å². The SMILES string of the molecule is CC(=O)OCC1O[C@@H](OCCN2c3ccc4c5c3c3c6c7c8c(cc9ccc%10cc(c5c5c%10c9c8c35)C4)CC7=CCC62)C(OC(C)=O)[C@@H](OC(C)=O)[C@H]1OC(C)=O. The fraction of sp³-hybridized carbons (Fsp3) is 0.348. The fourth-order valence-electron chi connectivity index (χ4n) is 11.5. The van der Waals surface area contributed by atoms with Gasteiger partial charge in [0.15, 0.2) is 24.6 Å². The molecule has 57 heavy (non-hydrogen) atoms. The Kier molecular flexibility index (Phi) is 6.68. The topological polar surface area (TPSA) is 127 Å². The Bertz CT molecular complexity index is 3000. The van der Waals surface area contributed by atoms with Gasteiger partial charge in [-0.15, -0.1) is 0 Å². The molecule has 2 heterocycles. The number of hydrogen-bond acceptors (Lipinski definition) is 11.